The van der Waals surface area contributed by atoms with Gasteiger partial charge in [0, 0.05) is 7.05 Å². The number of aromatic nitrogens is 2. The van der Waals surface area contributed by atoms with E-state index in [-0.39, 0.29) is 18.1 Å². The second kappa shape index (κ2) is 8.79. The lowest BCUT2D eigenvalue weighted by Gasteiger charge is -2.10. The summed E-state index contributed by atoms with van der Waals surface area (Å²) in [6.45, 7) is 1.93. The van der Waals surface area contributed by atoms with Gasteiger partial charge in [0.05, 0.1) is 12.1 Å². The highest BCUT2D eigenvalue weighted by atomic mass is 35.5. The highest BCUT2D eigenvalue weighted by Crippen LogP contribution is 2.27. The number of nitrogens with zero attached hydrogens (tertiary/aromatic N) is 2. The standard InChI is InChI=1S/C21H19ClF3N3O2/c1-3-17-19(22)20(28(2)27-17)26-18(29)12-13-4-6-14(7-5-13)15-8-10-16(11-9-15)30-21(23,24)25/h4-11H,3,12H2,1-2H3,(H,26,29). The summed E-state index contributed by atoms with van der Waals surface area (Å²) in [6.07, 6.45) is -3.92. The number of hydrogen-bond acceptors (Lipinski definition) is 3. The number of halogens is 4. The van der Waals surface area contributed by atoms with Gasteiger partial charge in [-0.2, -0.15) is 5.10 Å². The molecule has 0 unspecified atom stereocenters. The molecule has 0 fully saturated rings. The van der Waals surface area contributed by atoms with Crippen LogP contribution in [0, 0.1) is 0 Å². The molecule has 9 heteroatoms. The molecule has 0 aliphatic carbocycles. The molecule has 0 saturated heterocycles. The van der Waals surface area contributed by atoms with Crippen molar-refractivity contribution in [3.63, 3.8) is 0 Å². The van der Waals surface area contributed by atoms with Crippen LogP contribution < -0.4 is 10.1 Å². The minimum Gasteiger partial charge on any atom is -0.406 e. The van der Waals surface area contributed by atoms with Crippen LogP contribution in [0.3, 0.4) is 0 Å². The van der Waals surface area contributed by atoms with Crippen molar-refractivity contribution in [2.45, 2.75) is 26.1 Å². The number of benzene rings is 2. The van der Waals surface area contributed by atoms with Gasteiger partial charge in [-0.15, -0.1) is 13.2 Å². The van der Waals surface area contributed by atoms with Gasteiger partial charge in [0.2, 0.25) is 5.91 Å². The van der Waals surface area contributed by atoms with Crippen molar-refractivity contribution in [1.29, 1.82) is 0 Å². The van der Waals surface area contributed by atoms with Crippen LogP contribution >= 0.6 is 11.6 Å². The van der Waals surface area contributed by atoms with Crippen molar-refractivity contribution in [3.8, 4) is 16.9 Å². The Labute approximate surface area is 176 Å². The molecule has 0 aliphatic rings. The number of carbonyl (C=O) groups excluding carboxylic acids is 1. The number of aryl methyl sites for hydroxylation is 2. The predicted molar refractivity (Wildman–Crippen MR) is 108 cm³/mol. The average Bonchev–Trinajstić information content (AvgIpc) is 2.95. The number of rotatable bonds is 6. The maximum absolute atomic E-state index is 12.4. The maximum atomic E-state index is 12.4. The molecule has 3 rings (SSSR count). The topological polar surface area (TPSA) is 56.2 Å². The summed E-state index contributed by atoms with van der Waals surface area (Å²) >= 11 is 6.24. The van der Waals surface area contributed by atoms with Gasteiger partial charge in [0.1, 0.15) is 16.6 Å². The van der Waals surface area contributed by atoms with Gasteiger partial charge in [0.25, 0.3) is 0 Å². The molecule has 158 valence electrons. The first kappa shape index (κ1) is 21.7. The van der Waals surface area contributed by atoms with Gasteiger partial charge in [-0.3, -0.25) is 9.48 Å². The summed E-state index contributed by atoms with van der Waals surface area (Å²) in [5.74, 6) is -0.0557. The number of hydrogen-bond donors (Lipinski definition) is 1. The predicted octanol–water partition coefficient (Wildman–Crippen LogP) is 5.38. The third-order valence-electron chi connectivity index (χ3n) is 4.39. The largest absolute Gasteiger partial charge is 0.573 e. The molecule has 0 spiro atoms. The zero-order chi connectivity index (χ0) is 21.9. The Morgan fingerprint density at radius 2 is 1.67 bits per heavy atom. The Morgan fingerprint density at radius 1 is 1.10 bits per heavy atom. The highest BCUT2D eigenvalue weighted by molar-refractivity contribution is 6.34. The van der Waals surface area contributed by atoms with Crippen molar-refractivity contribution < 1.29 is 22.7 Å². The Kier molecular flexibility index (Phi) is 6.36. The van der Waals surface area contributed by atoms with E-state index in [1.807, 2.05) is 6.92 Å². The minimum atomic E-state index is -4.72. The van der Waals surface area contributed by atoms with Crippen LogP contribution in [-0.2, 0) is 24.7 Å². The van der Waals surface area contributed by atoms with Crippen LogP contribution in [0.5, 0.6) is 5.75 Å². The van der Waals surface area contributed by atoms with E-state index in [2.05, 4.69) is 15.2 Å². The first-order valence-corrected chi connectivity index (χ1v) is 9.50. The first-order valence-electron chi connectivity index (χ1n) is 9.12. The van der Waals surface area contributed by atoms with E-state index >= 15 is 0 Å². The molecule has 0 radical (unpaired) electrons. The third kappa shape index (κ3) is 5.33. The van der Waals surface area contributed by atoms with Gasteiger partial charge < -0.3 is 10.1 Å². The molecule has 0 saturated carbocycles. The molecular formula is C21H19ClF3N3O2. The normalized spacial score (nSPS) is 11.4. The molecule has 30 heavy (non-hydrogen) atoms. The van der Waals surface area contributed by atoms with Gasteiger partial charge in [0.15, 0.2) is 0 Å². The minimum absolute atomic E-state index is 0.140. The monoisotopic (exact) mass is 437 g/mol. The zero-order valence-electron chi connectivity index (χ0n) is 16.3. The Balaban J connectivity index is 1.64. The Morgan fingerprint density at radius 3 is 2.17 bits per heavy atom. The third-order valence-corrected chi connectivity index (χ3v) is 4.79. The number of alkyl halides is 3. The lowest BCUT2D eigenvalue weighted by atomic mass is 10.0. The average molecular weight is 438 g/mol. The summed E-state index contributed by atoms with van der Waals surface area (Å²) < 4.78 is 42.1. The summed E-state index contributed by atoms with van der Waals surface area (Å²) in [7, 11) is 1.71. The van der Waals surface area contributed by atoms with Gasteiger partial charge >= 0.3 is 6.36 Å². The van der Waals surface area contributed by atoms with E-state index in [1.54, 1.807) is 43.4 Å². The molecule has 3 aromatic rings. The second-order valence-corrected chi connectivity index (χ2v) is 6.96. The van der Waals surface area contributed by atoms with Crippen LogP contribution in [0.1, 0.15) is 18.2 Å². The molecule has 5 nitrogen and oxygen atoms in total. The van der Waals surface area contributed by atoms with Crippen LogP contribution in [-0.4, -0.2) is 22.1 Å². The van der Waals surface area contributed by atoms with Crippen molar-refractivity contribution in [2.75, 3.05) is 5.32 Å². The van der Waals surface area contributed by atoms with E-state index in [0.29, 0.717) is 23.0 Å². The van der Waals surface area contributed by atoms with Gasteiger partial charge in [-0.1, -0.05) is 54.9 Å². The van der Waals surface area contributed by atoms with E-state index in [1.165, 1.54) is 16.8 Å². The summed E-state index contributed by atoms with van der Waals surface area (Å²) in [6, 6.07) is 12.8. The van der Waals surface area contributed by atoms with Gasteiger partial charge in [-0.25, -0.2) is 0 Å². The molecule has 0 aliphatic heterocycles. The fourth-order valence-corrected chi connectivity index (χ4v) is 3.28. The Hall–Kier alpha value is -3.00. The molecular weight excluding hydrogens is 419 g/mol. The molecule has 2 aromatic carbocycles. The van der Waals surface area contributed by atoms with E-state index in [0.717, 1.165) is 16.7 Å². The van der Waals surface area contributed by atoms with E-state index in [9.17, 15) is 18.0 Å². The van der Waals surface area contributed by atoms with Crippen molar-refractivity contribution >= 4 is 23.3 Å². The molecule has 1 heterocycles. The molecule has 0 atom stereocenters. The Bertz CT molecular complexity index is 1030. The second-order valence-electron chi connectivity index (χ2n) is 6.58. The van der Waals surface area contributed by atoms with E-state index in [4.69, 9.17) is 11.6 Å². The highest BCUT2D eigenvalue weighted by Gasteiger charge is 2.30. The van der Waals surface area contributed by atoms with Crippen LogP contribution in [0.4, 0.5) is 19.0 Å². The quantitative estimate of drug-likeness (QED) is 0.563. The molecule has 1 aromatic heterocycles. The van der Waals surface area contributed by atoms with Crippen molar-refractivity contribution in [3.05, 3.63) is 64.8 Å². The fraction of sp³-hybridized carbons (Fsp3) is 0.238. The number of carbonyl (C=O) groups is 1. The van der Waals surface area contributed by atoms with Crippen molar-refractivity contribution in [2.24, 2.45) is 7.05 Å². The van der Waals surface area contributed by atoms with E-state index < -0.39 is 6.36 Å². The van der Waals surface area contributed by atoms with Gasteiger partial charge in [-0.05, 0) is 35.2 Å². The van der Waals surface area contributed by atoms with Crippen LogP contribution in [0.25, 0.3) is 11.1 Å². The summed E-state index contributed by atoms with van der Waals surface area (Å²) in [5, 5.41) is 7.47. The number of ether oxygens (including phenoxy) is 1. The number of anilines is 1. The molecule has 1 amide bonds. The number of amides is 1. The number of nitrogens with one attached hydrogen (secondary N) is 1. The maximum Gasteiger partial charge on any atom is 0.573 e. The lowest BCUT2D eigenvalue weighted by molar-refractivity contribution is -0.274. The summed E-state index contributed by atoms with van der Waals surface area (Å²) in [4.78, 5) is 12.4. The molecule has 1 N–H and O–H groups in total. The van der Waals surface area contributed by atoms with Crippen molar-refractivity contribution in [1.82, 2.24) is 9.78 Å². The lowest BCUT2D eigenvalue weighted by Crippen LogP contribution is -2.17. The van der Waals surface area contributed by atoms with Crippen LogP contribution in [0.2, 0.25) is 5.02 Å². The summed E-state index contributed by atoms with van der Waals surface area (Å²) in [5.41, 5.74) is 3.03. The first-order chi connectivity index (χ1) is 14.2. The SMILES string of the molecule is CCc1nn(C)c(NC(=O)Cc2ccc(-c3ccc(OC(F)(F)F)cc3)cc2)c1Cl. The zero-order valence-corrected chi connectivity index (χ0v) is 17.0. The molecule has 0 bridgehead atoms. The smallest absolute Gasteiger partial charge is 0.406 e. The fourth-order valence-electron chi connectivity index (χ4n) is 2.94. The van der Waals surface area contributed by atoms with Crippen LogP contribution in [0.15, 0.2) is 48.5 Å².